The third kappa shape index (κ3) is 1.71. The Balaban J connectivity index is 2.99. The normalized spacial score (nSPS) is 14.0. The van der Waals surface area contributed by atoms with Gasteiger partial charge in [0.25, 0.3) is 0 Å². The van der Waals surface area contributed by atoms with Crippen molar-refractivity contribution >= 4 is 5.97 Å². The Morgan fingerprint density at radius 2 is 2.36 bits per heavy atom. The minimum atomic E-state index is -0.370. The number of hydrogen-bond donors (Lipinski definition) is 0. The monoisotopic (exact) mass is 148 g/mol. The summed E-state index contributed by atoms with van der Waals surface area (Å²) in [5.41, 5.74) is 6.78. The summed E-state index contributed by atoms with van der Waals surface area (Å²) >= 11 is 0. The molecule has 1 rings (SSSR count). The van der Waals surface area contributed by atoms with Crippen LogP contribution in [-0.2, 0) is 9.53 Å². The van der Waals surface area contributed by atoms with Crippen molar-refractivity contribution in [2.45, 2.75) is 6.92 Å². The van der Waals surface area contributed by atoms with Crippen molar-refractivity contribution in [1.29, 1.82) is 0 Å². The van der Waals surface area contributed by atoms with E-state index in [9.17, 15) is 4.79 Å². The van der Waals surface area contributed by atoms with Gasteiger partial charge in [-0.15, -0.1) is 0 Å². The second-order valence-corrected chi connectivity index (χ2v) is 2.21. The molecule has 0 amide bonds. The van der Waals surface area contributed by atoms with Crippen LogP contribution in [-0.4, -0.2) is 13.1 Å². The van der Waals surface area contributed by atoms with Gasteiger partial charge in [-0.25, -0.2) is 4.79 Å². The van der Waals surface area contributed by atoms with Crippen LogP contribution in [0.15, 0.2) is 34.8 Å². The molecule has 0 spiro atoms. The number of carbonyl (C=O) groups excluding carboxylic acids is 1. The van der Waals surface area contributed by atoms with Crippen molar-refractivity contribution in [3.05, 3.63) is 34.8 Å². The second kappa shape index (κ2) is 3.07. The lowest BCUT2D eigenvalue weighted by atomic mass is 10.1. The van der Waals surface area contributed by atoms with Crippen molar-refractivity contribution < 1.29 is 9.53 Å². The number of esters is 1. The van der Waals surface area contributed by atoms with Gasteiger partial charge < -0.3 is 4.74 Å². The maximum Gasteiger partial charge on any atom is 0.346 e. The molecular formula is C9H8O2. The zero-order valence-corrected chi connectivity index (χ0v) is 6.47. The summed E-state index contributed by atoms with van der Waals surface area (Å²) in [6.45, 7) is 1.89. The van der Waals surface area contributed by atoms with Gasteiger partial charge in [-0.1, -0.05) is 11.5 Å². The van der Waals surface area contributed by atoms with Gasteiger partial charge in [0.1, 0.15) is 5.57 Å². The summed E-state index contributed by atoms with van der Waals surface area (Å²) in [6, 6.07) is 0. The molecule has 0 N–H and O–H groups in total. The zero-order valence-electron chi connectivity index (χ0n) is 6.47. The molecule has 0 aromatic rings. The van der Waals surface area contributed by atoms with Crippen LogP contribution in [0, 0.1) is 0 Å². The van der Waals surface area contributed by atoms with Gasteiger partial charge in [-0.2, -0.15) is 0 Å². The molecule has 0 aromatic heterocycles. The third-order valence-corrected chi connectivity index (χ3v) is 1.28. The van der Waals surface area contributed by atoms with Crippen molar-refractivity contribution in [3.63, 3.8) is 0 Å². The van der Waals surface area contributed by atoms with Gasteiger partial charge in [-0.3, -0.25) is 0 Å². The smallest absolute Gasteiger partial charge is 0.346 e. The highest BCUT2D eigenvalue weighted by Crippen LogP contribution is 2.06. The highest BCUT2D eigenvalue weighted by Gasteiger charge is 2.06. The largest absolute Gasteiger partial charge is 0.465 e. The van der Waals surface area contributed by atoms with Crippen LogP contribution in [0.4, 0.5) is 0 Å². The van der Waals surface area contributed by atoms with E-state index in [1.807, 2.05) is 6.92 Å². The first-order valence-electron chi connectivity index (χ1n) is 3.22. The van der Waals surface area contributed by atoms with Crippen LogP contribution in [0.5, 0.6) is 0 Å². The van der Waals surface area contributed by atoms with Gasteiger partial charge in [0.15, 0.2) is 0 Å². The quantitative estimate of drug-likeness (QED) is 0.414. The third-order valence-electron chi connectivity index (χ3n) is 1.28. The van der Waals surface area contributed by atoms with E-state index in [1.165, 1.54) is 7.11 Å². The van der Waals surface area contributed by atoms with E-state index in [0.29, 0.717) is 5.57 Å². The number of hydrogen-bond acceptors (Lipinski definition) is 2. The molecule has 11 heavy (non-hydrogen) atoms. The van der Waals surface area contributed by atoms with Crippen molar-refractivity contribution in [2.75, 3.05) is 7.11 Å². The number of rotatable bonds is 1. The molecule has 0 radical (unpaired) electrons. The lowest BCUT2D eigenvalue weighted by Gasteiger charge is -1.98. The highest BCUT2D eigenvalue weighted by molar-refractivity contribution is 5.91. The minimum Gasteiger partial charge on any atom is -0.465 e. The van der Waals surface area contributed by atoms with E-state index >= 15 is 0 Å². The van der Waals surface area contributed by atoms with Crippen LogP contribution in [0.25, 0.3) is 0 Å². The van der Waals surface area contributed by atoms with Crippen LogP contribution >= 0.6 is 0 Å². The fourth-order valence-corrected chi connectivity index (χ4v) is 0.753. The van der Waals surface area contributed by atoms with Crippen LogP contribution in [0.1, 0.15) is 6.92 Å². The van der Waals surface area contributed by atoms with E-state index in [4.69, 9.17) is 0 Å². The Morgan fingerprint density at radius 1 is 1.64 bits per heavy atom. The minimum absolute atomic E-state index is 0.370. The summed E-state index contributed by atoms with van der Waals surface area (Å²) in [6.07, 6.45) is 3.47. The lowest BCUT2D eigenvalue weighted by Crippen LogP contribution is -2.02. The number of allylic oxidation sites excluding steroid dienone is 2. The predicted octanol–water partition coefficient (Wildman–Crippen LogP) is 1.36. The first-order valence-corrected chi connectivity index (χ1v) is 3.22. The fraction of sp³-hybridized carbons (Fsp3) is 0.222. The molecule has 0 saturated heterocycles. The summed E-state index contributed by atoms with van der Waals surface area (Å²) < 4.78 is 4.50. The summed E-state index contributed by atoms with van der Waals surface area (Å²) in [4.78, 5) is 10.9. The molecule has 0 aromatic carbocycles. The average Bonchev–Trinajstić information content (AvgIpc) is 2.03. The summed E-state index contributed by atoms with van der Waals surface area (Å²) in [5, 5.41) is 0. The molecule has 2 nitrogen and oxygen atoms in total. The SMILES string of the molecule is COC(=O)C1=C=C=CC(C)=C1. The second-order valence-electron chi connectivity index (χ2n) is 2.21. The maximum atomic E-state index is 10.9. The molecule has 0 atom stereocenters. The predicted molar refractivity (Wildman–Crippen MR) is 40.9 cm³/mol. The number of ether oxygens (including phenoxy) is 1. The number of methoxy groups -OCH3 is 1. The molecule has 56 valence electrons. The topological polar surface area (TPSA) is 26.3 Å². The molecule has 0 unspecified atom stereocenters. The van der Waals surface area contributed by atoms with E-state index in [0.717, 1.165) is 5.57 Å². The Kier molecular flexibility index (Phi) is 2.12. The zero-order chi connectivity index (χ0) is 8.27. The van der Waals surface area contributed by atoms with Gasteiger partial charge in [0, 0.05) is 0 Å². The Hall–Kier alpha value is -1.49. The summed E-state index contributed by atoms with van der Waals surface area (Å²) in [5.74, 6) is -0.370. The average molecular weight is 148 g/mol. The molecule has 0 aliphatic heterocycles. The Morgan fingerprint density at radius 3 is 2.91 bits per heavy atom. The first-order chi connectivity index (χ1) is 5.24. The highest BCUT2D eigenvalue weighted by atomic mass is 16.5. The Labute approximate surface area is 65.2 Å². The molecule has 0 fully saturated rings. The molecule has 0 heterocycles. The molecule has 1 aliphatic carbocycles. The van der Waals surface area contributed by atoms with Crippen LogP contribution in [0.2, 0.25) is 0 Å². The molecule has 0 saturated carbocycles. The van der Waals surface area contributed by atoms with Crippen molar-refractivity contribution in [1.82, 2.24) is 0 Å². The fourth-order valence-electron chi connectivity index (χ4n) is 0.753. The first kappa shape index (κ1) is 7.62. The van der Waals surface area contributed by atoms with Gasteiger partial charge >= 0.3 is 5.97 Å². The van der Waals surface area contributed by atoms with E-state index in [2.05, 4.69) is 16.2 Å². The molecular weight excluding hydrogens is 140 g/mol. The van der Waals surface area contributed by atoms with Crippen LogP contribution < -0.4 is 0 Å². The lowest BCUT2D eigenvalue weighted by molar-refractivity contribution is -0.135. The molecule has 2 heteroatoms. The standard InChI is InChI=1S/C9H8O2/c1-7-4-3-5-8(6-7)9(10)11-2/h4,6H,1-2H3. The molecule has 1 aliphatic rings. The van der Waals surface area contributed by atoms with Crippen LogP contribution in [0.3, 0.4) is 0 Å². The van der Waals surface area contributed by atoms with E-state index in [1.54, 1.807) is 12.2 Å². The van der Waals surface area contributed by atoms with E-state index < -0.39 is 0 Å². The molecule has 0 bridgehead atoms. The summed E-state index contributed by atoms with van der Waals surface area (Å²) in [7, 11) is 1.35. The Bertz CT molecular complexity index is 308. The maximum absolute atomic E-state index is 10.9. The van der Waals surface area contributed by atoms with Gasteiger partial charge in [0.05, 0.1) is 7.11 Å². The van der Waals surface area contributed by atoms with Gasteiger partial charge in [0.2, 0.25) is 0 Å². The van der Waals surface area contributed by atoms with Gasteiger partial charge in [-0.05, 0) is 24.6 Å². The van der Waals surface area contributed by atoms with Crippen molar-refractivity contribution in [3.8, 4) is 0 Å². The number of carbonyl (C=O) groups is 1. The van der Waals surface area contributed by atoms with Crippen molar-refractivity contribution in [2.24, 2.45) is 0 Å². The van der Waals surface area contributed by atoms with E-state index in [-0.39, 0.29) is 5.97 Å².